The minimum absolute atomic E-state index is 0.423. The minimum atomic E-state index is 0.423. The molecule has 0 aliphatic heterocycles. The van der Waals surface area contributed by atoms with E-state index in [0.29, 0.717) is 5.41 Å². The average Bonchev–Trinajstić information content (AvgIpc) is 2.65. The van der Waals surface area contributed by atoms with E-state index in [2.05, 4.69) is 18.9 Å². The monoisotopic (exact) mass is 266 g/mol. The van der Waals surface area contributed by atoms with Crippen molar-refractivity contribution in [1.29, 1.82) is 0 Å². The van der Waals surface area contributed by atoms with Crippen molar-refractivity contribution >= 4 is 0 Å². The molecule has 0 bridgehead atoms. The molecular weight excluding hydrogens is 232 g/mol. The molecule has 112 valence electrons. The van der Waals surface area contributed by atoms with Crippen LogP contribution in [0.5, 0.6) is 0 Å². The normalized spacial score (nSPS) is 32.2. The lowest BCUT2D eigenvalue weighted by atomic mass is 9.78. The van der Waals surface area contributed by atoms with E-state index in [9.17, 15) is 0 Å². The molecule has 2 saturated carbocycles. The first-order valence-corrected chi connectivity index (χ1v) is 8.55. The molecule has 2 atom stereocenters. The second-order valence-corrected chi connectivity index (χ2v) is 7.46. The number of hydrogen-bond donors (Lipinski definition) is 1. The summed E-state index contributed by atoms with van der Waals surface area (Å²) in [5.41, 5.74) is 6.61. The highest BCUT2D eigenvalue weighted by Crippen LogP contribution is 2.36. The van der Waals surface area contributed by atoms with E-state index < -0.39 is 0 Å². The number of nitrogens with zero attached hydrogens (tertiary/aromatic N) is 1. The molecule has 2 rings (SSSR count). The van der Waals surface area contributed by atoms with Gasteiger partial charge in [0.15, 0.2) is 0 Å². The maximum Gasteiger partial charge on any atom is 0.00949 e. The molecule has 0 amide bonds. The molecule has 19 heavy (non-hydrogen) atoms. The Morgan fingerprint density at radius 2 is 1.74 bits per heavy atom. The van der Waals surface area contributed by atoms with Gasteiger partial charge in [-0.05, 0) is 50.6 Å². The summed E-state index contributed by atoms with van der Waals surface area (Å²) in [6.07, 6.45) is 14.0. The maximum absolute atomic E-state index is 6.19. The molecule has 0 aromatic heterocycles. The first kappa shape index (κ1) is 15.3. The zero-order valence-corrected chi connectivity index (χ0v) is 13.2. The Kier molecular flexibility index (Phi) is 5.70. The van der Waals surface area contributed by atoms with Crippen LogP contribution < -0.4 is 5.73 Å². The Labute approximate surface area is 120 Å². The van der Waals surface area contributed by atoms with E-state index in [4.69, 9.17) is 5.73 Å². The maximum atomic E-state index is 6.19. The zero-order chi connectivity index (χ0) is 13.7. The Balaban J connectivity index is 1.92. The third-order valence-corrected chi connectivity index (χ3v) is 5.71. The van der Waals surface area contributed by atoms with E-state index in [1.165, 1.54) is 70.8 Å². The summed E-state index contributed by atoms with van der Waals surface area (Å²) in [6, 6.07) is 0.815. The molecule has 2 aliphatic rings. The lowest BCUT2D eigenvalue weighted by Crippen LogP contribution is -2.46. The van der Waals surface area contributed by atoms with Crippen molar-refractivity contribution in [2.45, 2.75) is 77.2 Å². The quantitative estimate of drug-likeness (QED) is 0.784. The van der Waals surface area contributed by atoms with Gasteiger partial charge in [0.25, 0.3) is 0 Å². The lowest BCUT2D eigenvalue weighted by Gasteiger charge is -2.41. The number of nitrogens with two attached hydrogens (primary N) is 1. The Bertz CT molecular complexity index is 256. The van der Waals surface area contributed by atoms with Gasteiger partial charge in [-0.15, -0.1) is 0 Å². The fourth-order valence-electron chi connectivity index (χ4n) is 4.37. The second-order valence-electron chi connectivity index (χ2n) is 7.46. The van der Waals surface area contributed by atoms with Crippen molar-refractivity contribution in [3.63, 3.8) is 0 Å². The van der Waals surface area contributed by atoms with Crippen molar-refractivity contribution in [2.24, 2.45) is 17.1 Å². The number of rotatable bonds is 4. The van der Waals surface area contributed by atoms with Crippen LogP contribution in [-0.4, -0.2) is 31.1 Å². The summed E-state index contributed by atoms with van der Waals surface area (Å²) in [4.78, 5) is 2.66. The summed E-state index contributed by atoms with van der Waals surface area (Å²) < 4.78 is 0. The van der Waals surface area contributed by atoms with E-state index in [0.717, 1.165) is 18.5 Å². The third-order valence-electron chi connectivity index (χ3n) is 5.71. The van der Waals surface area contributed by atoms with Gasteiger partial charge in [0.05, 0.1) is 0 Å². The largest absolute Gasteiger partial charge is 0.330 e. The highest BCUT2D eigenvalue weighted by molar-refractivity contribution is 4.88. The fraction of sp³-hybridized carbons (Fsp3) is 1.00. The first-order valence-electron chi connectivity index (χ1n) is 8.55. The van der Waals surface area contributed by atoms with Gasteiger partial charge in [-0.25, -0.2) is 0 Å². The average molecular weight is 266 g/mol. The highest BCUT2D eigenvalue weighted by Gasteiger charge is 2.33. The molecule has 2 aliphatic carbocycles. The van der Waals surface area contributed by atoms with Gasteiger partial charge in [0.2, 0.25) is 0 Å². The first-order chi connectivity index (χ1) is 9.15. The van der Waals surface area contributed by atoms with Gasteiger partial charge in [0.1, 0.15) is 0 Å². The van der Waals surface area contributed by atoms with E-state index in [1.807, 2.05) is 0 Å². The number of hydrogen-bond acceptors (Lipinski definition) is 2. The molecule has 0 spiro atoms. The smallest absolute Gasteiger partial charge is 0.00949 e. The predicted molar refractivity (Wildman–Crippen MR) is 83.2 cm³/mol. The molecule has 0 radical (unpaired) electrons. The molecule has 2 nitrogen and oxygen atoms in total. The van der Waals surface area contributed by atoms with E-state index in [1.54, 1.807) is 0 Å². The summed E-state index contributed by atoms with van der Waals surface area (Å²) in [7, 11) is 2.35. The van der Waals surface area contributed by atoms with Gasteiger partial charge < -0.3 is 10.6 Å². The third kappa shape index (κ3) is 4.19. The minimum Gasteiger partial charge on any atom is -0.330 e. The van der Waals surface area contributed by atoms with Gasteiger partial charge in [-0.1, -0.05) is 45.4 Å². The topological polar surface area (TPSA) is 29.3 Å². The molecular formula is C17H34N2. The van der Waals surface area contributed by atoms with Crippen LogP contribution >= 0.6 is 0 Å². The fourth-order valence-corrected chi connectivity index (χ4v) is 4.37. The molecule has 0 aromatic carbocycles. The van der Waals surface area contributed by atoms with Crippen molar-refractivity contribution in [3.8, 4) is 0 Å². The van der Waals surface area contributed by atoms with Crippen LogP contribution in [0.3, 0.4) is 0 Å². The van der Waals surface area contributed by atoms with Crippen molar-refractivity contribution in [3.05, 3.63) is 0 Å². The molecule has 2 unspecified atom stereocenters. The van der Waals surface area contributed by atoms with Crippen LogP contribution in [-0.2, 0) is 0 Å². The Morgan fingerprint density at radius 3 is 2.32 bits per heavy atom. The van der Waals surface area contributed by atoms with Crippen molar-refractivity contribution in [2.75, 3.05) is 20.1 Å². The van der Waals surface area contributed by atoms with Crippen molar-refractivity contribution < 1.29 is 0 Å². The highest BCUT2D eigenvalue weighted by atomic mass is 15.1. The molecule has 0 heterocycles. The summed E-state index contributed by atoms with van der Waals surface area (Å²) in [5, 5.41) is 0. The Hall–Kier alpha value is -0.0800. The summed E-state index contributed by atoms with van der Waals surface area (Å²) in [5.74, 6) is 0.921. The summed E-state index contributed by atoms with van der Waals surface area (Å²) >= 11 is 0. The SMILES string of the molecule is CC1CCCC(N(C)CC2(CN)CCCCCC2)C1. The van der Waals surface area contributed by atoms with Crippen LogP contribution in [0.25, 0.3) is 0 Å². The lowest BCUT2D eigenvalue weighted by molar-refractivity contribution is 0.0928. The zero-order valence-electron chi connectivity index (χ0n) is 13.2. The van der Waals surface area contributed by atoms with Crippen LogP contribution in [0.1, 0.15) is 71.1 Å². The molecule has 2 N–H and O–H groups in total. The standard InChI is InChI=1S/C17H34N2/c1-15-8-7-9-16(12-15)19(2)14-17(13-18)10-5-3-4-6-11-17/h15-16H,3-14,18H2,1-2H3. The van der Waals surface area contributed by atoms with Gasteiger partial charge in [0, 0.05) is 12.6 Å². The molecule has 0 aromatic rings. The van der Waals surface area contributed by atoms with Crippen molar-refractivity contribution in [1.82, 2.24) is 4.90 Å². The Morgan fingerprint density at radius 1 is 1.05 bits per heavy atom. The van der Waals surface area contributed by atoms with Crippen LogP contribution in [0.2, 0.25) is 0 Å². The van der Waals surface area contributed by atoms with Crippen LogP contribution in [0.4, 0.5) is 0 Å². The molecule has 2 fully saturated rings. The van der Waals surface area contributed by atoms with Crippen LogP contribution in [0, 0.1) is 11.3 Å². The van der Waals surface area contributed by atoms with Gasteiger partial charge in [-0.2, -0.15) is 0 Å². The second kappa shape index (κ2) is 7.08. The van der Waals surface area contributed by atoms with Gasteiger partial charge >= 0.3 is 0 Å². The van der Waals surface area contributed by atoms with E-state index >= 15 is 0 Å². The van der Waals surface area contributed by atoms with Crippen LogP contribution in [0.15, 0.2) is 0 Å². The molecule has 0 saturated heterocycles. The van der Waals surface area contributed by atoms with Gasteiger partial charge in [-0.3, -0.25) is 0 Å². The van der Waals surface area contributed by atoms with E-state index in [-0.39, 0.29) is 0 Å². The molecule has 2 heteroatoms. The predicted octanol–water partition coefficient (Wildman–Crippen LogP) is 3.80. The summed E-state index contributed by atoms with van der Waals surface area (Å²) in [6.45, 7) is 4.55.